The van der Waals surface area contributed by atoms with E-state index in [1.54, 1.807) is 18.5 Å². The first kappa shape index (κ1) is 17.8. The Morgan fingerprint density at radius 1 is 1.13 bits per heavy atom. The number of hydrogen-bond acceptors (Lipinski definition) is 2. The van der Waals surface area contributed by atoms with Crippen LogP contribution in [-0.4, -0.2) is 37.1 Å². The minimum atomic E-state index is -0.914. The maximum absolute atomic E-state index is 14.3. The Morgan fingerprint density at radius 2 is 1.87 bits per heavy atom. The molecule has 1 heterocycles. The summed E-state index contributed by atoms with van der Waals surface area (Å²) in [6, 6.07) is 7.05. The second-order valence-electron chi connectivity index (χ2n) is 6.17. The van der Waals surface area contributed by atoms with Gasteiger partial charge in [-0.1, -0.05) is 13.8 Å². The molecule has 0 atom stereocenters. The highest BCUT2D eigenvalue weighted by Gasteiger charge is 2.09. The first-order chi connectivity index (χ1) is 10.8. The molecule has 1 aromatic heterocycles. The Balaban J connectivity index is 2.27. The first-order valence-electron chi connectivity index (χ1n) is 7.15. The van der Waals surface area contributed by atoms with Crippen molar-refractivity contribution in [3.8, 4) is 11.2 Å². The second-order valence-corrected chi connectivity index (χ2v) is 12.3. The summed E-state index contributed by atoms with van der Waals surface area (Å²) in [4.78, 5) is 4.13. The van der Waals surface area contributed by atoms with Crippen molar-refractivity contribution in [1.82, 2.24) is 4.98 Å². The zero-order chi connectivity index (χ0) is 17.0. The van der Waals surface area contributed by atoms with Crippen LogP contribution in [0.5, 0.6) is 0 Å². The van der Waals surface area contributed by atoms with Gasteiger partial charge in [-0.2, -0.15) is 10.0 Å². The van der Waals surface area contributed by atoms with Gasteiger partial charge in [-0.15, -0.1) is 0 Å². The summed E-state index contributed by atoms with van der Waals surface area (Å²) in [5.41, 5.74) is 2.01. The lowest BCUT2D eigenvalue weighted by molar-refractivity contribution is 0.631. The molecule has 2 rings (SSSR count). The monoisotopic (exact) mass is 348 g/mol. The molecule has 1 N–H and O–H groups in total. The predicted octanol–water partition coefficient (Wildman–Crippen LogP) is 4.33. The van der Waals surface area contributed by atoms with E-state index in [1.165, 1.54) is 11.4 Å². The maximum atomic E-state index is 14.3. The van der Waals surface area contributed by atoms with E-state index in [-0.39, 0.29) is 13.7 Å². The molecule has 0 spiro atoms. The molecule has 0 saturated heterocycles. The zero-order valence-electron chi connectivity index (χ0n) is 14.1. The summed E-state index contributed by atoms with van der Waals surface area (Å²) in [5, 5.41) is 7.53. The number of nitrogens with zero attached hydrogens (tertiary/aromatic N) is 1. The van der Waals surface area contributed by atoms with Gasteiger partial charge in [0.1, 0.15) is 5.82 Å². The van der Waals surface area contributed by atoms with Gasteiger partial charge >= 0.3 is 0 Å². The Morgan fingerprint density at radius 3 is 2.48 bits per heavy atom. The number of pyridine rings is 1. The van der Waals surface area contributed by atoms with Gasteiger partial charge in [0.15, 0.2) is 0 Å². The predicted molar refractivity (Wildman–Crippen MR) is 105 cm³/mol. The van der Waals surface area contributed by atoms with Gasteiger partial charge in [0.25, 0.3) is 0 Å². The van der Waals surface area contributed by atoms with Crippen molar-refractivity contribution in [2.75, 3.05) is 37.4 Å². The summed E-state index contributed by atoms with van der Waals surface area (Å²) in [7, 11) is -1.21. The fraction of sp³-hybridized carbons (Fsp3) is 0.278. The lowest BCUT2D eigenvalue weighted by Crippen LogP contribution is -2.08. The van der Waals surface area contributed by atoms with Crippen molar-refractivity contribution >= 4 is 34.6 Å². The van der Waals surface area contributed by atoms with Crippen LogP contribution >= 0.6 is 17.9 Å². The Bertz CT molecular complexity index is 758. The highest BCUT2D eigenvalue weighted by Crippen LogP contribution is 2.32. The first-order valence-corrected chi connectivity index (χ1v) is 12.2. The average molecular weight is 348 g/mol. The van der Waals surface area contributed by atoms with E-state index in [4.69, 9.17) is 0 Å². The normalized spacial score (nSPS) is 11.8. The molecular weight excluding hydrogens is 326 g/mol. The lowest BCUT2D eigenvalue weighted by Gasteiger charge is -2.15. The minimum Gasteiger partial charge on any atom is -0.351 e. The SMILES string of the molecule is CP(C)c1ccncc1Nc1ccc(C#CS(C)(C)C)cc1F. The lowest BCUT2D eigenvalue weighted by atomic mass is 10.2. The maximum Gasteiger partial charge on any atom is 0.147 e. The summed E-state index contributed by atoms with van der Waals surface area (Å²) in [6.07, 6.45) is 9.86. The summed E-state index contributed by atoms with van der Waals surface area (Å²) in [5.74, 6) is 2.76. The van der Waals surface area contributed by atoms with E-state index in [2.05, 4.69) is 53.6 Å². The summed E-state index contributed by atoms with van der Waals surface area (Å²) in [6.45, 7) is 4.33. The topological polar surface area (TPSA) is 24.9 Å². The van der Waals surface area contributed by atoms with Crippen LogP contribution < -0.4 is 10.6 Å². The van der Waals surface area contributed by atoms with Crippen molar-refractivity contribution in [2.24, 2.45) is 0 Å². The smallest absolute Gasteiger partial charge is 0.147 e. The fourth-order valence-corrected chi connectivity index (χ4v) is 3.31. The van der Waals surface area contributed by atoms with Crippen LogP contribution in [0.25, 0.3) is 0 Å². The van der Waals surface area contributed by atoms with Crippen molar-refractivity contribution < 1.29 is 4.39 Å². The van der Waals surface area contributed by atoms with Crippen LogP contribution in [0.2, 0.25) is 0 Å². The zero-order valence-corrected chi connectivity index (χ0v) is 15.9. The van der Waals surface area contributed by atoms with E-state index in [9.17, 15) is 4.39 Å². The van der Waals surface area contributed by atoms with Gasteiger partial charge in [0, 0.05) is 17.1 Å². The van der Waals surface area contributed by atoms with Crippen molar-refractivity contribution in [3.63, 3.8) is 0 Å². The molecule has 0 radical (unpaired) electrons. The van der Waals surface area contributed by atoms with Gasteiger partial charge in [-0.05, 0) is 61.6 Å². The number of nitrogens with one attached hydrogen (secondary N) is 1. The molecule has 0 aliphatic carbocycles. The van der Waals surface area contributed by atoms with Crippen molar-refractivity contribution in [3.05, 3.63) is 48.0 Å². The Hall–Kier alpha value is -1.56. The highest BCUT2D eigenvalue weighted by molar-refractivity contribution is 8.35. The van der Waals surface area contributed by atoms with Crippen molar-refractivity contribution in [2.45, 2.75) is 0 Å². The third-order valence-electron chi connectivity index (χ3n) is 3.02. The van der Waals surface area contributed by atoms with Gasteiger partial charge in [0.05, 0.1) is 17.6 Å². The van der Waals surface area contributed by atoms with E-state index in [0.717, 1.165) is 5.69 Å². The molecule has 23 heavy (non-hydrogen) atoms. The number of anilines is 2. The molecule has 122 valence electrons. The molecule has 2 aromatic rings. The molecule has 0 fully saturated rings. The second kappa shape index (κ2) is 7.34. The van der Waals surface area contributed by atoms with Gasteiger partial charge < -0.3 is 5.32 Å². The number of benzene rings is 1. The molecule has 0 aliphatic rings. The van der Waals surface area contributed by atoms with E-state index in [0.29, 0.717) is 11.3 Å². The largest absolute Gasteiger partial charge is 0.351 e. The molecule has 2 nitrogen and oxygen atoms in total. The van der Waals surface area contributed by atoms with Crippen LogP contribution in [0.1, 0.15) is 5.56 Å². The third kappa shape index (κ3) is 5.23. The van der Waals surface area contributed by atoms with Gasteiger partial charge in [-0.25, -0.2) is 4.39 Å². The summed E-state index contributed by atoms with van der Waals surface area (Å²) < 4.78 is 14.3. The minimum absolute atomic E-state index is 0.292. The van der Waals surface area contributed by atoms with Crippen LogP contribution in [0.4, 0.5) is 15.8 Å². The number of rotatable bonds is 3. The Labute approximate surface area is 141 Å². The molecule has 0 bridgehead atoms. The quantitative estimate of drug-likeness (QED) is 0.659. The average Bonchev–Trinajstić information content (AvgIpc) is 2.47. The van der Waals surface area contributed by atoms with Crippen LogP contribution in [0, 0.1) is 17.0 Å². The van der Waals surface area contributed by atoms with E-state index in [1.807, 2.05) is 12.1 Å². The molecule has 0 saturated carbocycles. The van der Waals surface area contributed by atoms with Crippen molar-refractivity contribution in [1.29, 1.82) is 0 Å². The third-order valence-corrected chi connectivity index (χ3v) is 5.09. The van der Waals surface area contributed by atoms with Crippen LogP contribution in [-0.2, 0) is 0 Å². The van der Waals surface area contributed by atoms with Crippen LogP contribution in [0.15, 0.2) is 36.7 Å². The number of aromatic nitrogens is 1. The standard InChI is InChI=1S/C18H22FN2PS/c1-22(2)18-8-10-20-13-17(18)21-16-7-6-14(12-15(16)19)9-11-23(3,4)5/h6-8,10,12-13,21H,1-5H3. The van der Waals surface area contributed by atoms with E-state index < -0.39 is 10.0 Å². The van der Waals surface area contributed by atoms with Crippen LogP contribution in [0.3, 0.4) is 0 Å². The molecule has 0 amide bonds. The van der Waals surface area contributed by atoms with E-state index >= 15 is 0 Å². The number of hydrogen-bond donors (Lipinski definition) is 1. The highest BCUT2D eigenvalue weighted by atomic mass is 32.3. The van der Waals surface area contributed by atoms with Gasteiger partial charge in [0.2, 0.25) is 0 Å². The molecule has 1 aromatic carbocycles. The van der Waals surface area contributed by atoms with Gasteiger partial charge in [-0.3, -0.25) is 4.98 Å². The molecule has 0 aliphatic heterocycles. The number of halogens is 1. The Kier molecular flexibility index (Phi) is 5.68. The molecule has 0 unspecified atom stereocenters. The summed E-state index contributed by atoms with van der Waals surface area (Å²) >= 11 is 0. The fourth-order valence-electron chi connectivity index (χ4n) is 1.92. The molecule has 5 heteroatoms. The molecular formula is C18H22FN2PS.